The number of hydrogen-bond acceptors (Lipinski definition) is 6. The van der Waals surface area contributed by atoms with Gasteiger partial charge in [-0.2, -0.15) is 0 Å². The number of ether oxygens (including phenoxy) is 2. The maximum absolute atomic E-state index is 12.4. The number of phosphoric ester groups is 1. The SMILES string of the molecule is CCCCCCCCCCCCCCCCCCCCC(=O)O[C@H](COC(=O)CCCCCCCCCCCCCCCCCCC(C)C)COP(=O)(O)O. The smallest absolute Gasteiger partial charge is 0.462 e. The zero-order chi connectivity index (χ0) is 40.5. The van der Waals surface area contributed by atoms with Gasteiger partial charge in [0.1, 0.15) is 6.61 Å². The van der Waals surface area contributed by atoms with E-state index < -0.39 is 32.5 Å². The quantitative estimate of drug-likeness (QED) is 0.0355. The van der Waals surface area contributed by atoms with E-state index in [4.69, 9.17) is 19.3 Å². The molecule has 2 N–H and O–H groups in total. The highest BCUT2D eigenvalue weighted by Gasteiger charge is 2.23. The molecule has 1 atom stereocenters. The third kappa shape index (κ3) is 45.6. The van der Waals surface area contributed by atoms with E-state index in [0.29, 0.717) is 6.42 Å². The molecule has 0 aromatic heterocycles. The Morgan fingerprint density at radius 3 is 1.09 bits per heavy atom. The summed E-state index contributed by atoms with van der Waals surface area (Å²) in [6.07, 6.45) is 44.0. The second kappa shape index (κ2) is 41.2. The van der Waals surface area contributed by atoms with Crippen LogP contribution in [0.2, 0.25) is 0 Å². The van der Waals surface area contributed by atoms with E-state index in [1.807, 2.05) is 0 Å². The monoisotopic (exact) mass is 803 g/mol. The third-order valence-corrected chi connectivity index (χ3v) is 11.3. The molecule has 0 heterocycles. The lowest BCUT2D eigenvalue weighted by Gasteiger charge is -2.18. The fourth-order valence-electron chi connectivity index (χ4n) is 7.27. The molecule has 0 amide bonds. The zero-order valence-corrected chi connectivity index (χ0v) is 37.4. The van der Waals surface area contributed by atoms with Gasteiger partial charge in [0.05, 0.1) is 6.61 Å². The molecule has 8 nitrogen and oxygen atoms in total. The Bertz CT molecular complexity index is 876. The summed E-state index contributed by atoms with van der Waals surface area (Å²) in [7, 11) is -4.75. The van der Waals surface area contributed by atoms with Gasteiger partial charge in [0.15, 0.2) is 6.10 Å². The molecule has 55 heavy (non-hydrogen) atoms. The Kier molecular flexibility index (Phi) is 40.5. The highest BCUT2D eigenvalue weighted by molar-refractivity contribution is 7.46. The van der Waals surface area contributed by atoms with E-state index in [0.717, 1.165) is 38.0 Å². The van der Waals surface area contributed by atoms with Gasteiger partial charge in [-0.3, -0.25) is 14.1 Å². The summed E-state index contributed by atoms with van der Waals surface area (Å²) < 4.78 is 26.5. The summed E-state index contributed by atoms with van der Waals surface area (Å²) in [6, 6.07) is 0. The summed E-state index contributed by atoms with van der Waals surface area (Å²) in [6.45, 7) is 6.09. The van der Waals surface area contributed by atoms with Crippen LogP contribution in [0, 0.1) is 5.92 Å². The first-order valence-corrected chi connectivity index (χ1v) is 25.2. The summed E-state index contributed by atoms with van der Waals surface area (Å²) in [5.74, 6) is -0.0212. The molecule has 0 aromatic rings. The average Bonchev–Trinajstić information content (AvgIpc) is 3.14. The fourth-order valence-corrected chi connectivity index (χ4v) is 7.63. The van der Waals surface area contributed by atoms with Crippen molar-refractivity contribution in [1.82, 2.24) is 0 Å². The van der Waals surface area contributed by atoms with Crippen LogP contribution in [-0.2, 0) is 28.2 Å². The van der Waals surface area contributed by atoms with Crippen LogP contribution in [0.1, 0.15) is 258 Å². The van der Waals surface area contributed by atoms with Crippen molar-refractivity contribution in [3.63, 3.8) is 0 Å². The summed E-state index contributed by atoms with van der Waals surface area (Å²) >= 11 is 0. The summed E-state index contributed by atoms with van der Waals surface area (Å²) in [4.78, 5) is 43.0. The summed E-state index contributed by atoms with van der Waals surface area (Å²) in [5, 5.41) is 0. The molecule has 0 bridgehead atoms. The number of unbranched alkanes of at least 4 members (excludes halogenated alkanes) is 32. The second-order valence-electron chi connectivity index (χ2n) is 16.9. The van der Waals surface area contributed by atoms with Gasteiger partial charge in [0.25, 0.3) is 0 Å². The molecule has 328 valence electrons. The Morgan fingerprint density at radius 1 is 0.455 bits per heavy atom. The van der Waals surface area contributed by atoms with E-state index in [9.17, 15) is 14.2 Å². The van der Waals surface area contributed by atoms with E-state index in [1.165, 1.54) is 186 Å². The first-order valence-electron chi connectivity index (χ1n) is 23.7. The average molecular weight is 803 g/mol. The van der Waals surface area contributed by atoms with Gasteiger partial charge >= 0.3 is 19.8 Å². The molecular weight excluding hydrogens is 711 g/mol. The van der Waals surface area contributed by atoms with E-state index >= 15 is 0 Å². The van der Waals surface area contributed by atoms with E-state index in [-0.39, 0.29) is 19.4 Å². The molecule has 0 saturated carbocycles. The maximum Gasteiger partial charge on any atom is 0.469 e. The number of phosphoric acid groups is 1. The molecule has 0 fully saturated rings. The fraction of sp³-hybridized carbons (Fsp3) is 0.957. The maximum atomic E-state index is 12.4. The van der Waals surface area contributed by atoms with Crippen molar-refractivity contribution in [2.45, 2.75) is 264 Å². The van der Waals surface area contributed by atoms with Crippen LogP contribution in [0.3, 0.4) is 0 Å². The topological polar surface area (TPSA) is 119 Å². The van der Waals surface area contributed by atoms with Crippen LogP contribution in [-0.4, -0.2) is 41.0 Å². The minimum Gasteiger partial charge on any atom is -0.462 e. The van der Waals surface area contributed by atoms with Gasteiger partial charge in [0, 0.05) is 12.8 Å². The lowest BCUT2D eigenvalue weighted by molar-refractivity contribution is -0.161. The molecule has 0 aliphatic carbocycles. The second-order valence-corrected chi connectivity index (χ2v) is 18.2. The van der Waals surface area contributed by atoms with Crippen molar-refractivity contribution in [2.24, 2.45) is 5.92 Å². The number of carbonyl (C=O) groups excluding carboxylic acids is 2. The molecule has 0 spiro atoms. The van der Waals surface area contributed by atoms with Crippen molar-refractivity contribution in [3.8, 4) is 0 Å². The van der Waals surface area contributed by atoms with E-state index in [2.05, 4.69) is 25.3 Å². The van der Waals surface area contributed by atoms with Crippen LogP contribution in [0.25, 0.3) is 0 Å². The molecular formula is C46H91O8P. The first kappa shape index (κ1) is 54.0. The summed E-state index contributed by atoms with van der Waals surface area (Å²) in [5.41, 5.74) is 0. The lowest BCUT2D eigenvalue weighted by atomic mass is 10.0. The van der Waals surface area contributed by atoms with Crippen molar-refractivity contribution in [3.05, 3.63) is 0 Å². The van der Waals surface area contributed by atoms with Crippen LogP contribution < -0.4 is 0 Å². The first-order chi connectivity index (χ1) is 26.6. The van der Waals surface area contributed by atoms with Gasteiger partial charge in [0.2, 0.25) is 0 Å². The molecule has 9 heteroatoms. The number of rotatable bonds is 44. The number of carbonyl (C=O) groups is 2. The largest absolute Gasteiger partial charge is 0.469 e. The normalized spacial score (nSPS) is 12.4. The Balaban J connectivity index is 3.80. The van der Waals surface area contributed by atoms with Gasteiger partial charge in [-0.05, 0) is 18.8 Å². The zero-order valence-electron chi connectivity index (χ0n) is 36.5. The molecule has 0 aromatic carbocycles. The number of hydrogen-bond donors (Lipinski definition) is 2. The van der Waals surface area contributed by atoms with Crippen molar-refractivity contribution in [1.29, 1.82) is 0 Å². The van der Waals surface area contributed by atoms with Gasteiger partial charge in [-0.25, -0.2) is 4.57 Å². The van der Waals surface area contributed by atoms with Crippen LogP contribution in [0.5, 0.6) is 0 Å². The predicted octanol–water partition coefficient (Wildman–Crippen LogP) is 14.7. The highest BCUT2D eigenvalue weighted by Crippen LogP contribution is 2.36. The molecule has 0 saturated heterocycles. The molecule has 0 aliphatic rings. The van der Waals surface area contributed by atoms with Gasteiger partial charge in [-0.15, -0.1) is 0 Å². The Labute approximate surface area is 340 Å². The van der Waals surface area contributed by atoms with Crippen LogP contribution in [0.15, 0.2) is 0 Å². The highest BCUT2D eigenvalue weighted by atomic mass is 31.2. The molecule has 0 aliphatic heterocycles. The third-order valence-electron chi connectivity index (χ3n) is 10.8. The molecule has 0 unspecified atom stereocenters. The van der Waals surface area contributed by atoms with Gasteiger partial charge in [-0.1, -0.05) is 233 Å². The minimum atomic E-state index is -4.75. The molecule has 0 radical (unpaired) electrons. The molecule has 0 rings (SSSR count). The van der Waals surface area contributed by atoms with Crippen molar-refractivity contribution in [2.75, 3.05) is 13.2 Å². The van der Waals surface area contributed by atoms with Crippen molar-refractivity contribution < 1.29 is 37.9 Å². The van der Waals surface area contributed by atoms with Crippen LogP contribution >= 0.6 is 7.82 Å². The van der Waals surface area contributed by atoms with Gasteiger partial charge < -0.3 is 19.3 Å². The minimum absolute atomic E-state index is 0.220. The number of esters is 2. The lowest BCUT2D eigenvalue weighted by Crippen LogP contribution is -2.29. The Hall–Kier alpha value is -0.950. The standard InChI is InChI=1S/C46H91O8P/c1-4-5-6-7-8-9-10-11-12-13-14-19-22-25-28-31-34-37-40-46(48)54-44(42-53-55(49,50)51)41-52-45(47)39-36-33-30-27-24-21-18-16-15-17-20-23-26-29-32-35-38-43(2)3/h43-44H,4-42H2,1-3H3,(H2,49,50,51)/t44-/m1/s1. The van der Waals surface area contributed by atoms with E-state index in [1.54, 1.807) is 0 Å². The Morgan fingerprint density at radius 2 is 0.764 bits per heavy atom. The predicted molar refractivity (Wildman–Crippen MR) is 230 cm³/mol. The van der Waals surface area contributed by atoms with Crippen LogP contribution in [0.4, 0.5) is 0 Å². The van der Waals surface area contributed by atoms with Crippen molar-refractivity contribution >= 4 is 19.8 Å².